The van der Waals surface area contributed by atoms with Gasteiger partial charge in [0.05, 0.1) is 6.54 Å². The lowest BCUT2D eigenvalue weighted by molar-refractivity contribution is 0.572. The maximum absolute atomic E-state index is 13.0. The monoisotopic (exact) mass is 337 g/mol. The Morgan fingerprint density at radius 1 is 1.32 bits per heavy atom. The molecule has 8 nitrogen and oxygen atoms in total. The predicted octanol–water partition coefficient (Wildman–Crippen LogP) is 0.0836. The molecule has 1 aliphatic heterocycles. The molecule has 1 fully saturated rings. The van der Waals surface area contributed by atoms with E-state index in [0.717, 1.165) is 26.2 Å². The van der Waals surface area contributed by atoms with Crippen LogP contribution in [0.1, 0.15) is 12.7 Å². The van der Waals surface area contributed by atoms with E-state index in [-0.39, 0.29) is 23.6 Å². The molecule has 0 atom stereocenters. The molecule has 8 heteroatoms. The Labute approximate surface area is 145 Å². The van der Waals surface area contributed by atoms with E-state index in [4.69, 9.17) is 0 Å². The number of imidazole rings is 1. The summed E-state index contributed by atoms with van der Waals surface area (Å²) in [4.78, 5) is 23.9. The van der Waals surface area contributed by atoms with Gasteiger partial charge in [-0.15, -0.1) is 12.5 Å². The lowest BCUT2D eigenvalue weighted by atomic mass is 10.4. The van der Waals surface area contributed by atoms with E-state index >= 15 is 0 Å². The summed E-state index contributed by atoms with van der Waals surface area (Å²) in [6.45, 7) is 9.24. The maximum Gasteiger partial charge on any atom is 0.280 e. The van der Waals surface area contributed by atoms with Gasteiger partial charge in [0.15, 0.2) is 11.2 Å². The van der Waals surface area contributed by atoms with Crippen LogP contribution in [-0.4, -0.2) is 45.3 Å². The van der Waals surface area contributed by atoms with Gasteiger partial charge >= 0.3 is 0 Å². The van der Waals surface area contributed by atoms with Crippen molar-refractivity contribution in [2.24, 2.45) is 0 Å². The van der Waals surface area contributed by atoms with Crippen molar-refractivity contribution in [1.29, 1.82) is 5.26 Å². The zero-order chi connectivity index (χ0) is 17.8. The minimum atomic E-state index is -0.298. The predicted molar refractivity (Wildman–Crippen MR) is 95.2 cm³/mol. The first kappa shape index (κ1) is 16.7. The topological polar surface area (TPSA) is 91.8 Å². The molecule has 0 radical (unpaired) electrons. The number of hydrogen-bond donors (Lipinski definition) is 1. The van der Waals surface area contributed by atoms with Crippen LogP contribution in [0.3, 0.4) is 0 Å². The summed E-state index contributed by atoms with van der Waals surface area (Å²) in [7, 11) is 0. The van der Waals surface area contributed by atoms with Crippen molar-refractivity contribution in [1.82, 2.24) is 24.4 Å². The molecule has 1 aliphatic rings. The van der Waals surface area contributed by atoms with Crippen LogP contribution >= 0.6 is 0 Å². The van der Waals surface area contributed by atoms with Gasteiger partial charge in [-0.3, -0.25) is 13.9 Å². The highest BCUT2D eigenvalue weighted by atomic mass is 16.1. The zero-order valence-electron chi connectivity index (χ0n) is 14.1. The molecule has 2 aromatic rings. The Kier molecular flexibility index (Phi) is 4.82. The van der Waals surface area contributed by atoms with Crippen molar-refractivity contribution >= 4 is 17.1 Å². The van der Waals surface area contributed by atoms with Gasteiger partial charge in [-0.05, 0) is 6.92 Å². The molecule has 0 aliphatic carbocycles. The smallest absolute Gasteiger partial charge is 0.280 e. The molecular weight excluding hydrogens is 318 g/mol. The standard InChI is InChI=1S/C17H19N7O/c1-3-5-9-24-14-15(21-17(24)22-10-6-19-7-11-22)20-13(12-18)23(8-4-2)16(14)25/h4,19H,2,6-11H2,1H3. The third-order valence-corrected chi connectivity index (χ3v) is 4.07. The number of piperazine rings is 1. The van der Waals surface area contributed by atoms with Crippen molar-refractivity contribution in [2.75, 3.05) is 31.1 Å². The van der Waals surface area contributed by atoms with Gasteiger partial charge in [0.2, 0.25) is 11.8 Å². The Hall–Kier alpha value is -3.10. The molecule has 25 heavy (non-hydrogen) atoms. The molecule has 0 unspecified atom stereocenters. The van der Waals surface area contributed by atoms with Gasteiger partial charge in [-0.25, -0.2) is 0 Å². The Morgan fingerprint density at radius 3 is 2.72 bits per heavy atom. The van der Waals surface area contributed by atoms with Crippen LogP contribution in [0, 0.1) is 23.2 Å². The first-order chi connectivity index (χ1) is 12.2. The van der Waals surface area contributed by atoms with Gasteiger partial charge in [0.25, 0.3) is 5.56 Å². The Morgan fingerprint density at radius 2 is 2.08 bits per heavy atom. The molecule has 0 aromatic carbocycles. The van der Waals surface area contributed by atoms with Gasteiger partial charge in [-0.1, -0.05) is 12.0 Å². The highest BCUT2D eigenvalue weighted by molar-refractivity contribution is 5.74. The van der Waals surface area contributed by atoms with Crippen molar-refractivity contribution in [3.8, 4) is 17.9 Å². The fourth-order valence-corrected chi connectivity index (χ4v) is 2.90. The summed E-state index contributed by atoms with van der Waals surface area (Å²) < 4.78 is 3.11. The van der Waals surface area contributed by atoms with E-state index in [9.17, 15) is 10.1 Å². The van der Waals surface area contributed by atoms with Crippen molar-refractivity contribution in [3.05, 3.63) is 28.8 Å². The maximum atomic E-state index is 13.0. The zero-order valence-corrected chi connectivity index (χ0v) is 14.1. The first-order valence-electron chi connectivity index (χ1n) is 8.08. The third kappa shape index (κ3) is 3.00. The summed E-state index contributed by atoms with van der Waals surface area (Å²) in [5.74, 6) is 6.56. The number of nitrogens with one attached hydrogen (secondary N) is 1. The number of fused-ring (bicyclic) bond motifs is 1. The van der Waals surface area contributed by atoms with Gasteiger partial charge < -0.3 is 10.2 Å². The fourth-order valence-electron chi connectivity index (χ4n) is 2.90. The van der Waals surface area contributed by atoms with Crippen LogP contribution in [0.25, 0.3) is 11.2 Å². The normalized spacial score (nSPS) is 14.0. The SMILES string of the molecule is C=CCn1c(C#N)nc2nc(N3CCNCC3)n(CC#CC)c2c1=O. The van der Waals surface area contributed by atoms with Gasteiger partial charge in [0.1, 0.15) is 6.07 Å². The summed E-state index contributed by atoms with van der Waals surface area (Å²) in [6, 6.07) is 1.97. The summed E-state index contributed by atoms with van der Waals surface area (Å²) in [5.41, 5.74) is 0.360. The molecule has 0 amide bonds. The van der Waals surface area contributed by atoms with E-state index in [0.29, 0.717) is 18.0 Å². The van der Waals surface area contributed by atoms with E-state index in [1.165, 1.54) is 4.57 Å². The van der Waals surface area contributed by atoms with Gasteiger partial charge in [-0.2, -0.15) is 15.2 Å². The second-order valence-electron chi connectivity index (χ2n) is 5.59. The summed E-state index contributed by atoms with van der Waals surface area (Å²) in [5, 5.41) is 12.6. The second kappa shape index (κ2) is 7.20. The first-order valence-corrected chi connectivity index (χ1v) is 8.08. The Bertz CT molecular complexity index is 961. The van der Waals surface area contributed by atoms with E-state index in [1.54, 1.807) is 17.6 Å². The van der Waals surface area contributed by atoms with Crippen molar-refractivity contribution < 1.29 is 0 Å². The van der Waals surface area contributed by atoms with E-state index < -0.39 is 0 Å². The molecule has 0 saturated carbocycles. The molecule has 1 saturated heterocycles. The molecule has 3 heterocycles. The summed E-state index contributed by atoms with van der Waals surface area (Å²) in [6.07, 6.45) is 1.57. The molecule has 3 rings (SSSR count). The number of rotatable bonds is 4. The number of allylic oxidation sites excluding steroid dienone is 1. The largest absolute Gasteiger partial charge is 0.340 e. The second-order valence-corrected chi connectivity index (χ2v) is 5.59. The number of hydrogen-bond acceptors (Lipinski definition) is 6. The molecule has 128 valence electrons. The number of anilines is 1. The lowest BCUT2D eigenvalue weighted by Gasteiger charge is -2.28. The van der Waals surface area contributed by atoms with Crippen molar-refractivity contribution in [3.63, 3.8) is 0 Å². The molecule has 0 spiro atoms. The minimum absolute atomic E-state index is 0.0375. The number of aromatic nitrogens is 4. The average molecular weight is 337 g/mol. The number of nitrogens with zero attached hydrogens (tertiary/aromatic N) is 6. The molecule has 1 N–H and O–H groups in total. The molecule has 2 aromatic heterocycles. The Balaban J connectivity index is 2.27. The fraction of sp³-hybridized carbons (Fsp3) is 0.412. The van der Waals surface area contributed by atoms with Crippen LogP contribution in [0.5, 0.6) is 0 Å². The molecular formula is C17H19N7O. The minimum Gasteiger partial charge on any atom is -0.340 e. The highest BCUT2D eigenvalue weighted by Gasteiger charge is 2.23. The van der Waals surface area contributed by atoms with Crippen LogP contribution < -0.4 is 15.8 Å². The van der Waals surface area contributed by atoms with Crippen LogP contribution in [0.4, 0.5) is 5.95 Å². The van der Waals surface area contributed by atoms with Crippen LogP contribution in [-0.2, 0) is 13.1 Å². The van der Waals surface area contributed by atoms with Gasteiger partial charge in [0, 0.05) is 32.7 Å². The lowest BCUT2D eigenvalue weighted by Crippen LogP contribution is -2.44. The molecule has 0 bridgehead atoms. The van der Waals surface area contributed by atoms with Crippen molar-refractivity contribution in [2.45, 2.75) is 20.0 Å². The highest BCUT2D eigenvalue weighted by Crippen LogP contribution is 2.20. The van der Waals surface area contributed by atoms with Crippen LogP contribution in [0.2, 0.25) is 0 Å². The third-order valence-electron chi connectivity index (χ3n) is 4.07. The van der Waals surface area contributed by atoms with E-state index in [2.05, 4.69) is 38.6 Å². The number of nitriles is 1. The average Bonchev–Trinajstić information content (AvgIpc) is 3.01. The summed E-state index contributed by atoms with van der Waals surface area (Å²) >= 11 is 0. The quantitative estimate of drug-likeness (QED) is 0.628. The van der Waals surface area contributed by atoms with E-state index in [1.807, 2.05) is 6.07 Å². The van der Waals surface area contributed by atoms with Crippen LogP contribution in [0.15, 0.2) is 17.4 Å².